The van der Waals surface area contributed by atoms with Crippen LogP contribution in [-0.2, 0) is 4.79 Å². The summed E-state index contributed by atoms with van der Waals surface area (Å²) in [6.45, 7) is 12.6. The molecular weight excluding hydrogens is 172 g/mol. The Hall–Kier alpha value is -0.590. The van der Waals surface area contributed by atoms with Gasteiger partial charge in [0.1, 0.15) is 5.78 Å². The van der Waals surface area contributed by atoms with Crippen LogP contribution in [0.4, 0.5) is 0 Å². The molecule has 1 aliphatic rings. The molecule has 14 heavy (non-hydrogen) atoms. The first-order chi connectivity index (χ1) is 6.17. The maximum atomic E-state index is 12.3. The average Bonchev–Trinajstić information content (AvgIpc) is 2.03. The zero-order valence-corrected chi connectivity index (χ0v) is 10.3. The van der Waals surface area contributed by atoms with Crippen LogP contribution in [0.5, 0.6) is 0 Å². The SMILES string of the molecule is CC1=C(C)CC(C)(C)C(=O)C(C)(C)C1. The largest absolute Gasteiger partial charge is 0.298 e. The third-order valence-corrected chi connectivity index (χ3v) is 3.37. The molecular formula is C13H22O. The van der Waals surface area contributed by atoms with Crippen LogP contribution in [0.2, 0.25) is 0 Å². The van der Waals surface area contributed by atoms with Gasteiger partial charge in [-0.15, -0.1) is 0 Å². The molecule has 0 saturated carbocycles. The minimum Gasteiger partial charge on any atom is -0.298 e. The minimum atomic E-state index is -0.189. The van der Waals surface area contributed by atoms with Crippen molar-refractivity contribution in [1.82, 2.24) is 0 Å². The molecule has 80 valence electrons. The number of ketones is 1. The fourth-order valence-corrected chi connectivity index (χ4v) is 2.70. The maximum Gasteiger partial charge on any atom is 0.144 e. The number of Topliss-reactive ketones (excluding diaryl/α,β-unsaturated/α-hetero) is 1. The Kier molecular flexibility index (Phi) is 2.64. The highest BCUT2D eigenvalue weighted by Crippen LogP contribution is 2.42. The van der Waals surface area contributed by atoms with Crippen molar-refractivity contribution in [2.75, 3.05) is 0 Å². The van der Waals surface area contributed by atoms with Gasteiger partial charge in [-0.1, -0.05) is 38.8 Å². The molecule has 0 fully saturated rings. The maximum absolute atomic E-state index is 12.3. The summed E-state index contributed by atoms with van der Waals surface area (Å²) in [6.07, 6.45) is 1.84. The van der Waals surface area contributed by atoms with Crippen molar-refractivity contribution >= 4 is 5.78 Å². The van der Waals surface area contributed by atoms with Gasteiger partial charge in [0, 0.05) is 10.8 Å². The molecule has 0 aromatic rings. The van der Waals surface area contributed by atoms with Gasteiger partial charge in [0.2, 0.25) is 0 Å². The molecule has 0 radical (unpaired) electrons. The molecule has 1 aliphatic carbocycles. The lowest BCUT2D eigenvalue weighted by atomic mass is 9.72. The summed E-state index contributed by atoms with van der Waals surface area (Å²) in [5.74, 6) is 0.404. The third-order valence-electron chi connectivity index (χ3n) is 3.37. The Bertz CT molecular complexity index is 264. The van der Waals surface area contributed by atoms with Gasteiger partial charge in [0.25, 0.3) is 0 Å². The van der Waals surface area contributed by atoms with E-state index in [0.29, 0.717) is 5.78 Å². The number of carbonyl (C=O) groups is 1. The lowest BCUT2D eigenvalue weighted by Crippen LogP contribution is -2.35. The highest BCUT2D eigenvalue weighted by Gasteiger charge is 2.41. The van der Waals surface area contributed by atoms with E-state index in [9.17, 15) is 4.79 Å². The highest BCUT2D eigenvalue weighted by atomic mass is 16.1. The van der Waals surface area contributed by atoms with Crippen LogP contribution in [0.1, 0.15) is 54.4 Å². The van der Waals surface area contributed by atoms with Crippen molar-refractivity contribution in [3.63, 3.8) is 0 Å². The number of hydrogen-bond acceptors (Lipinski definition) is 1. The van der Waals surface area contributed by atoms with Crippen molar-refractivity contribution in [2.24, 2.45) is 10.8 Å². The molecule has 0 atom stereocenters. The van der Waals surface area contributed by atoms with Gasteiger partial charge < -0.3 is 0 Å². The summed E-state index contributed by atoms with van der Waals surface area (Å²) >= 11 is 0. The van der Waals surface area contributed by atoms with Crippen LogP contribution in [0, 0.1) is 10.8 Å². The summed E-state index contributed by atoms with van der Waals surface area (Å²) in [4.78, 5) is 12.3. The third kappa shape index (κ3) is 1.92. The van der Waals surface area contributed by atoms with Crippen molar-refractivity contribution in [3.05, 3.63) is 11.1 Å². The van der Waals surface area contributed by atoms with E-state index in [4.69, 9.17) is 0 Å². The molecule has 0 aromatic carbocycles. The second-order valence-electron chi connectivity index (χ2n) is 6.01. The summed E-state index contributed by atoms with van der Waals surface area (Å²) < 4.78 is 0. The second kappa shape index (κ2) is 3.22. The van der Waals surface area contributed by atoms with E-state index in [0.717, 1.165) is 12.8 Å². The van der Waals surface area contributed by atoms with Gasteiger partial charge in [-0.05, 0) is 26.7 Å². The van der Waals surface area contributed by atoms with Gasteiger partial charge >= 0.3 is 0 Å². The molecule has 0 unspecified atom stereocenters. The minimum absolute atomic E-state index is 0.189. The van der Waals surface area contributed by atoms with Crippen molar-refractivity contribution in [3.8, 4) is 0 Å². The molecule has 0 spiro atoms. The first-order valence-corrected chi connectivity index (χ1v) is 5.37. The molecule has 1 nitrogen and oxygen atoms in total. The van der Waals surface area contributed by atoms with Crippen molar-refractivity contribution in [1.29, 1.82) is 0 Å². The fraction of sp³-hybridized carbons (Fsp3) is 0.769. The summed E-state index contributed by atoms with van der Waals surface area (Å²) in [7, 11) is 0. The number of allylic oxidation sites excluding steroid dienone is 2. The van der Waals surface area contributed by atoms with Gasteiger partial charge in [0.05, 0.1) is 0 Å². The number of hydrogen-bond donors (Lipinski definition) is 0. The molecule has 0 amide bonds. The van der Waals surface area contributed by atoms with Crippen LogP contribution in [0.3, 0.4) is 0 Å². The highest BCUT2D eigenvalue weighted by molar-refractivity contribution is 5.90. The molecule has 0 aromatic heterocycles. The van der Waals surface area contributed by atoms with E-state index < -0.39 is 0 Å². The average molecular weight is 194 g/mol. The predicted octanol–water partition coefficient (Wildman–Crippen LogP) is 3.74. The van der Waals surface area contributed by atoms with Crippen LogP contribution >= 0.6 is 0 Å². The first kappa shape index (κ1) is 11.5. The molecule has 0 saturated heterocycles. The first-order valence-electron chi connectivity index (χ1n) is 5.37. The van der Waals surface area contributed by atoms with E-state index in [1.165, 1.54) is 11.1 Å². The van der Waals surface area contributed by atoms with Crippen LogP contribution in [-0.4, -0.2) is 5.78 Å². The van der Waals surface area contributed by atoms with Crippen LogP contribution in [0.25, 0.3) is 0 Å². The van der Waals surface area contributed by atoms with E-state index in [1.54, 1.807) is 0 Å². The van der Waals surface area contributed by atoms with E-state index in [2.05, 4.69) is 41.5 Å². The quantitative estimate of drug-likeness (QED) is 0.537. The van der Waals surface area contributed by atoms with Gasteiger partial charge in [-0.2, -0.15) is 0 Å². The van der Waals surface area contributed by atoms with Crippen LogP contribution < -0.4 is 0 Å². The number of rotatable bonds is 0. The van der Waals surface area contributed by atoms with E-state index in [1.807, 2.05) is 0 Å². The fourth-order valence-electron chi connectivity index (χ4n) is 2.70. The van der Waals surface area contributed by atoms with Gasteiger partial charge in [0.15, 0.2) is 0 Å². The number of carbonyl (C=O) groups excluding carboxylic acids is 1. The smallest absolute Gasteiger partial charge is 0.144 e. The molecule has 1 rings (SSSR count). The summed E-state index contributed by atoms with van der Waals surface area (Å²) in [5, 5.41) is 0. The van der Waals surface area contributed by atoms with Gasteiger partial charge in [-0.3, -0.25) is 4.79 Å². The zero-order valence-electron chi connectivity index (χ0n) is 10.3. The zero-order chi connectivity index (χ0) is 11.1. The lowest BCUT2D eigenvalue weighted by molar-refractivity contribution is -0.135. The summed E-state index contributed by atoms with van der Waals surface area (Å²) in [5.41, 5.74) is 2.42. The van der Waals surface area contributed by atoms with Crippen molar-refractivity contribution in [2.45, 2.75) is 54.4 Å². The second-order valence-corrected chi connectivity index (χ2v) is 6.01. The Balaban J connectivity index is 3.17. The molecule has 0 N–H and O–H groups in total. The Morgan fingerprint density at radius 2 is 1.14 bits per heavy atom. The summed E-state index contributed by atoms with van der Waals surface area (Å²) in [6, 6.07) is 0. The molecule has 1 heteroatoms. The van der Waals surface area contributed by atoms with Crippen LogP contribution in [0.15, 0.2) is 11.1 Å². The molecule has 0 aliphatic heterocycles. The van der Waals surface area contributed by atoms with Gasteiger partial charge in [-0.25, -0.2) is 0 Å². The predicted molar refractivity (Wildman–Crippen MR) is 60.2 cm³/mol. The molecule has 0 bridgehead atoms. The molecule has 0 heterocycles. The van der Waals surface area contributed by atoms with E-state index >= 15 is 0 Å². The normalized spacial score (nSPS) is 26.3. The van der Waals surface area contributed by atoms with Crippen molar-refractivity contribution < 1.29 is 4.79 Å². The Morgan fingerprint density at radius 1 is 0.857 bits per heavy atom. The Labute approximate surface area is 87.6 Å². The monoisotopic (exact) mass is 194 g/mol. The topological polar surface area (TPSA) is 17.1 Å². The standard InChI is InChI=1S/C13H22O/c1-9-7-12(3,4)11(14)13(5,6)8-10(9)2/h7-8H2,1-6H3. The lowest BCUT2D eigenvalue weighted by Gasteiger charge is -2.30. The van der Waals surface area contributed by atoms with E-state index in [-0.39, 0.29) is 10.8 Å². The Morgan fingerprint density at radius 3 is 1.43 bits per heavy atom.